The molecule has 0 amide bonds. The number of ketones is 1. The first-order valence-electron chi connectivity index (χ1n) is 6.87. The van der Waals surface area contributed by atoms with Crippen molar-refractivity contribution in [3.63, 3.8) is 0 Å². The molecule has 0 saturated heterocycles. The highest BCUT2D eigenvalue weighted by atomic mass is 32.1. The smallest absolute Gasteiger partial charge is 0.202 e. The number of rotatable bonds is 5. The minimum atomic E-state index is -0.0308. The molecule has 0 unspecified atom stereocenters. The van der Waals surface area contributed by atoms with Crippen molar-refractivity contribution in [2.45, 2.75) is 6.92 Å². The fourth-order valence-electron chi connectivity index (χ4n) is 2.00. The average Bonchev–Trinajstić information content (AvgIpc) is 2.96. The van der Waals surface area contributed by atoms with Crippen LogP contribution in [0.2, 0.25) is 0 Å². The highest BCUT2D eigenvalue weighted by Crippen LogP contribution is 2.24. The van der Waals surface area contributed by atoms with Crippen LogP contribution in [-0.2, 0) is 0 Å². The van der Waals surface area contributed by atoms with Crippen LogP contribution in [0.1, 0.15) is 17.3 Å². The largest absolute Gasteiger partial charge is 0.303 e. The molecule has 0 aliphatic rings. The van der Waals surface area contributed by atoms with E-state index >= 15 is 0 Å². The molecule has 5 heteroatoms. The van der Waals surface area contributed by atoms with Crippen LogP contribution in [0.15, 0.2) is 66.4 Å². The number of fused-ring (bicyclic) bond motifs is 1. The number of benzene rings is 2. The first-order valence-corrected chi connectivity index (χ1v) is 7.69. The first kappa shape index (κ1) is 14.3. The Kier molecular flexibility index (Phi) is 4.16. The second kappa shape index (κ2) is 6.41. The molecule has 2 aromatic carbocycles. The summed E-state index contributed by atoms with van der Waals surface area (Å²) in [5.74, 6) is -0.0308. The summed E-state index contributed by atoms with van der Waals surface area (Å²) in [6.45, 7) is 1.83. The molecule has 0 atom stereocenters. The van der Waals surface area contributed by atoms with Gasteiger partial charge >= 0.3 is 0 Å². The van der Waals surface area contributed by atoms with Gasteiger partial charge in [-0.25, -0.2) is 4.98 Å². The molecular weight excluding hydrogens is 294 g/mol. The summed E-state index contributed by atoms with van der Waals surface area (Å²) in [6.07, 6.45) is 1.57. The monoisotopic (exact) mass is 309 g/mol. The quantitative estimate of drug-likeness (QED) is 0.425. The molecule has 0 spiro atoms. The number of thiazole rings is 1. The van der Waals surface area contributed by atoms with Gasteiger partial charge in [0.05, 0.1) is 10.2 Å². The summed E-state index contributed by atoms with van der Waals surface area (Å²) in [7, 11) is 0. The second-order valence-corrected chi connectivity index (χ2v) is 5.83. The predicted octanol–water partition coefficient (Wildman–Crippen LogP) is 4.00. The van der Waals surface area contributed by atoms with Crippen molar-refractivity contribution < 1.29 is 4.79 Å². The zero-order valence-corrected chi connectivity index (χ0v) is 12.9. The van der Waals surface area contributed by atoms with Crippen LogP contribution in [0.4, 0.5) is 5.13 Å². The van der Waals surface area contributed by atoms with Crippen LogP contribution in [0.5, 0.6) is 0 Å². The number of para-hydroxylation sites is 1. The van der Waals surface area contributed by atoms with Crippen molar-refractivity contribution in [2.75, 3.05) is 5.43 Å². The molecule has 1 heterocycles. The van der Waals surface area contributed by atoms with Gasteiger partial charge in [0.2, 0.25) is 5.13 Å². The Hall–Kier alpha value is -2.66. The van der Waals surface area contributed by atoms with Gasteiger partial charge in [-0.2, -0.15) is 0 Å². The zero-order chi connectivity index (χ0) is 15.4. The molecule has 0 saturated carbocycles. The van der Waals surface area contributed by atoms with Gasteiger partial charge < -0.3 is 5.43 Å². The van der Waals surface area contributed by atoms with Crippen molar-refractivity contribution in [1.82, 2.24) is 10.4 Å². The Morgan fingerprint density at radius 2 is 1.82 bits per heavy atom. The number of carbonyl (C=O) groups is 1. The van der Waals surface area contributed by atoms with Gasteiger partial charge in [0, 0.05) is 17.3 Å². The molecule has 0 bridgehead atoms. The number of hydrazine groups is 1. The van der Waals surface area contributed by atoms with Gasteiger partial charge in [-0.05, 0) is 19.1 Å². The number of nitrogens with one attached hydrogen (secondary N) is 2. The van der Waals surface area contributed by atoms with Gasteiger partial charge in [0.15, 0.2) is 5.78 Å². The molecule has 4 nitrogen and oxygen atoms in total. The third-order valence-corrected chi connectivity index (χ3v) is 4.02. The maximum absolute atomic E-state index is 12.1. The fraction of sp³-hybridized carbons (Fsp3) is 0.0588. The van der Waals surface area contributed by atoms with Crippen molar-refractivity contribution >= 4 is 32.5 Å². The molecule has 0 radical (unpaired) electrons. The van der Waals surface area contributed by atoms with Gasteiger partial charge in [0.1, 0.15) is 0 Å². The van der Waals surface area contributed by atoms with Gasteiger partial charge in [-0.15, -0.1) is 0 Å². The second-order valence-electron chi connectivity index (χ2n) is 4.79. The van der Waals surface area contributed by atoms with Crippen LogP contribution in [0.3, 0.4) is 0 Å². The van der Waals surface area contributed by atoms with E-state index in [0.29, 0.717) is 5.56 Å². The van der Waals surface area contributed by atoms with Gasteiger partial charge in [-0.1, -0.05) is 53.8 Å². The molecule has 1 aromatic heterocycles. The Morgan fingerprint density at radius 1 is 1.09 bits per heavy atom. The molecule has 0 aliphatic heterocycles. The Labute approximate surface area is 132 Å². The first-order chi connectivity index (χ1) is 10.7. The van der Waals surface area contributed by atoms with E-state index in [9.17, 15) is 4.79 Å². The lowest BCUT2D eigenvalue weighted by atomic mass is 10.1. The maximum Gasteiger partial charge on any atom is 0.202 e. The van der Waals surface area contributed by atoms with E-state index in [1.54, 1.807) is 29.5 Å². The Morgan fingerprint density at radius 3 is 2.59 bits per heavy atom. The molecular formula is C17H15N3OS. The molecule has 3 aromatic rings. The summed E-state index contributed by atoms with van der Waals surface area (Å²) in [5.41, 5.74) is 8.38. The van der Waals surface area contributed by atoms with Crippen LogP contribution >= 0.6 is 11.3 Å². The lowest BCUT2D eigenvalue weighted by Gasteiger charge is -2.06. The minimum Gasteiger partial charge on any atom is -0.303 e. The maximum atomic E-state index is 12.1. The van der Waals surface area contributed by atoms with E-state index < -0.39 is 0 Å². The molecule has 3 rings (SSSR count). The molecule has 0 aliphatic carbocycles. The summed E-state index contributed by atoms with van der Waals surface area (Å²) in [6, 6.07) is 17.1. The number of anilines is 1. The predicted molar refractivity (Wildman–Crippen MR) is 90.9 cm³/mol. The number of hydrogen-bond acceptors (Lipinski definition) is 5. The van der Waals surface area contributed by atoms with Crippen molar-refractivity contribution in [2.24, 2.45) is 0 Å². The van der Waals surface area contributed by atoms with Gasteiger partial charge in [-0.3, -0.25) is 10.2 Å². The van der Waals surface area contributed by atoms with Gasteiger partial charge in [0.25, 0.3) is 0 Å². The number of nitrogens with zero attached hydrogens (tertiary/aromatic N) is 1. The topological polar surface area (TPSA) is 54.0 Å². The summed E-state index contributed by atoms with van der Waals surface area (Å²) >= 11 is 1.56. The van der Waals surface area contributed by atoms with E-state index in [2.05, 4.69) is 15.8 Å². The highest BCUT2D eigenvalue weighted by molar-refractivity contribution is 7.22. The average molecular weight is 309 g/mol. The summed E-state index contributed by atoms with van der Waals surface area (Å²) in [5, 5.41) is 0.765. The van der Waals surface area contributed by atoms with Crippen LogP contribution in [0.25, 0.3) is 10.2 Å². The van der Waals surface area contributed by atoms with Crippen LogP contribution in [0, 0.1) is 0 Å². The number of carbonyl (C=O) groups excluding carboxylic acids is 1. The summed E-state index contributed by atoms with van der Waals surface area (Å²) < 4.78 is 1.12. The third kappa shape index (κ3) is 3.32. The zero-order valence-electron chi connectivity index (χ0n) is 12.0. The number of allylic oxidation sites excluding steroid dienone is 2. The standard InChI is InChI=1S/C17H15N3OS/c1-12(11-15(21)13-7-3-2-4-8-13)19-20-17-18-14-9-5-6-10-16(14)22-17/h2-11,19H,1H3,(H,18,20)/b12-11-. The molecule has 110 valence electrons. The Balaban J connectivity index is 1.65. The van der Waals surface area contributed by atoms with E-state index in [4.69, 9.17) is 0 Å². The molecule has 2 N–H and O–H groups in total. The Bertz CT molecular complexity index is 791. The van der Waals surface area contributed by atoms with Crippen LogP contribution < -0.4 is 10.9 Å². The van der Waals surface area contributed by atoms with Crippen molar-refractivity contribution in [1.29, 1.82) is 0 Å². The highest BCUT2D eigenvalue weighted by Gasteiger charge is 2.04. The van der Waals surface area contributed by atoms with Crippen molar-refractivity contribution in [3.8, 4) is 0 Å². The summed E-state index contributed by atoms with van der Waals surface area (Å²) in [4.78, 5) is 16.5. The minimum absolute atomic E-state index is 0.0308. The number of aromatic nitrogens is 1. The van der Waals surface area contributed by atoms with E-state index in [1.807, 2.05) is 49.4 Å². The normalized spacial score (nSPS) is 11.4. The number of hydrogen-bond donors (Lipinski definition) is 2. The lowest BCUT2D eigenvalue weighted by Crippen LogP contribution is -2.19. The van der Waals surface area contributed by atoms with Crippen molar-refractivity contribution in [3.05, 3.63) is 71.9 Å². The fourth-order valence-corrected chi connectivity index (χ4v) is 2.82. The third-order valence-electron chi connectivity index (χ3n) is 3.07. The molecule has 22 heavy (non-hydrogen) atoms. The van der Waals surface area contributed by atoms with E-state index in [0.717, 1.165) is 21.0 Å². The molecule has 0 fully saturated rings. The lowest BCUT2D eigenvalue weighted by molar-refractivity contribution is 0.104. The van der Waals surface area contributed by atoms with E-state index in [-0.39, 0.29) is 5.78 Å². The van der Waals surface area contributed by atoms with E-state index in [1.165, 1.54) is 0 Å². The SMILES string of the molecule is C/C(=C/C(=O)c1ccccc1)NNc1nc2ccccc2s1. The van der Waals surface area contributed by atoms with Crippen LogP contribution in [-0.4, -0.2) is 10.8 Å².